The fourth-order valence-corrected chi connectivity index (χ4v) is 0.928. The van der Waals surface area contributed by atoms with Crippen LogP contribution in [0.2, 0.25) is 0 Å². The van der Waals surface area contributed by atoms with Crippen LogP contribution in [0.25, 0.3) is 0 Å². The van der Waals surface area contributed by atoms with E-state index >= 15 is 0 Å². The van der Waals surface area contributed by atoms with Crippen LogP contribution >= 0.6 is 0 Å². The van der Waals surface area contributed by atoms with Gasteiger partial charge in [0, 0.05) is 0 Å². The van der Waals surface area contributed by atoms with E-state index in [1.807, 2.05) is 6.08 Å². The molecular weight excluding hydrogens is 138 g/mol. The zero-order valence-electron chi connectivity index (χ0n) is 6.61. The summed E-state index contributed by atoms with van der Waals surface area (Å²) in [5.74, 6) is 0. The van der Waals surface area contributed by atoms with E-state index in [-0.39, 0.29) is 0 Å². The van der Waals surface area contributed by atoms with E-state index < -0.39 is 0 Å². The average molecular weight is 151 g/mol. The highest BCUT2D eigenvalue weighted by Crippen LogP contribution is 2.01. The Bertz CT molecular complexity index is 152. The number of allylic oxidation sites excluding steroid dienone is 2. The molecule has 0 fully saturated rings. The van der Waals surface area contributed by atoms with E-state index in [4.69, 9.17) is 0 Å². The van der Waals surface area contributed by atoms with Gasteiger partial charge < -0.3 is 0 Å². The van der Waals surface area contributed by atoms with E-state index in [0.717, 1.165) is 19.4 Å². The summed E-state index contributed by atoms with van der Waals surface area (Å²) in [6.07, 6.45) is 10.5. The second-order valence-corrected chi connectivity index (χ2v) is 2.50. The van der Waals surface area contributed by atoms with E-state index in [2.05, 4.69) is 21.5 Å². The summed E-state index contributed by atoms with van der Waals surface area (Å²) >= 11 is 0. The Morgan fingerprint density at radius 3 is 3.09 bits per heavy atom. The van der Waals surface area contributed by atoms with Crippen molar-refractivity contribution in [1.82, 2.24) is 0 Å². The molecule has 60 valence electrons. The molecule has 0 aromatic rings. The number of hydrogen-bond donors (Lipinski definition) is 0. The van der Waals surface area contributed by atoms with Gasteiger partial charge in [-0.2, -0.15) is 5.11 Å². The van der Waals surface area contributed by atoms with Crippen molar-refractivity contribution >= 4 is 6.21 Å². The third kappa shape index (κ3) is 4.42. The molecule has 1 heterocycles. The number of nitrogens with zero attached hydrogens (tertiary/aromatic N) is 3. The molecule has 0 aliphatic carbocycles. The SMILES string of the molecule is C1=C\CCCCC/N=N/N=C/1. The van der Waals surface area contributed by atoms with Crippen molar-refractivity contribution in [2.45, 2.75) is 25.7 Å². The first-order valence-electron chi connectivity index (χ1n) is 4.05. The normalized spacial score (nSPS) is 28.4. The van der Waals surface area contributed by atoms with Gasteiger partial charge in [-0.1, -0.05) is 12.5 Å². The lowest BCUT2D eigenvalue weighted by Gasteiger charge is -1.92. The molecule has 1 aliphatic rings. The zero-order chi connectivity index (χ0) is 7.78. The van der Waals surface area contributed by atoms with Gasteiger partial charge >= 0.3 is 0 Å². The molecule has 0 amide bonds. The van der Waals surface area contributed by atoms with Crippen molar-refractivity contribution in [1.29, 1.82) is 0 Å². The highest BCUT2D eigenvalue weighted by molar-refractivity contribution is 5.70. The molecule has 11 heavy (non-hydrogen) atoms. The molecule has 0 radical (unpaired) electrons. The lowest BCUT2D eigenvalue weighted by molar-refractivity contribution is 0.680. The predicted octanol–water partition coefficient (Wildman–Crippen LogP) is 2.55. The minimum absolute atomic E-state index is 0.817. The largest absolute Gasteiger partial charge is 0.169 e. The van der Waals surface area contributed by atoms with Crippen LogP contribution in [0.3, 0.4) is 0 Å². The minimum atomic E-state index is 0.817. The Kier molecular flexibility index (Phi) is 4.25. The van der Waals surface area contributed by atoms with Gasteiger partial charge in [-0.05, 0) is 30.6 Å². The predicted molar refractivity (Wildman–Crippen MR) is 45.8 cm³/mol. The Morgan fingerprint density at radius 2 is 2.09 bits per heavy atom. The minimum Gasteiger partial charge on any atom is -0.169 e. The van der Waals surface area contributed by atoms with Crippen molar-refractivity contribution in [3.63, 3.8) is 0 Å². The van der Waals surface area contributed by atoms with Crippen molar-refractivity contribution in [2.75, 3.05) is 6.54 Å². The van der Waals surface area contributed by atoms with Crippen LogP contribution in [0.4, 0.5) is 0 Å². The monoisotopic (exact) mass is 151 g/mol. The first-order valence-corrected chi connectivity index (χ1v) is 4.05. The smallest absolute Gasteiger partial charge is 0.0621 e. The van der Waals surface area contributed by atoms with Crippen LogP contribution in [-0.4, -0.2) is 12.8 Å². The molecule has 0 atom stereocenters. The van der Waals surface area contributed by atoms with Crippen LogP contribution in [0, 0.1) is 0 Å². The molecule has 0 bridgehead atoms. The van der Waals surface area contributed by atoms with Gasteiger partial charge in [0.25, 0.3) is 0 Å². The summed E-state index contributed by atoms with van der Waals surface area (Å²) in [4.78, 5) is 0. The molecule has 0 aromatic heterocycles. The molecule has 3 nitrogen and oxygen atoms in total. The van der Waals surface area contributed by atoms with Gasteiger partial charge in [-0.25, -0.2) is 0 Å². The maximum absolute atomic E-state index is 3.87. The van der Waals surface area contributed by atoms with Crippen LogP contribution in [0.15, 0.2) is 27.6 Å². The molecule has 0 N–H and O–H groups in total. The van der Waals surface area contributed by atoms with Gasteiger partial charge in [-0.15, -0.1) is 5.10 Å². The fourth-order valence-electron chi connectivity index (χ4n) is 0.928. The third-order valence-electron chi connectivity index (χ3n) is 1.53. The van der Waals surface area contributed by atoms with Crippen LogP contribution in [0.5, 0.6) is 0 Å². The fraction of sp³-hybridized carbons (Fsp3) is 0.625. The third-order valence-corrected chi connectivity index (χ3v) is 1.53. The molecule has 3 heteroatoms. The quantitative estimate of drug-likeness (QED) is 0.510. The molecule has 0 aromatic carbocycles. The molecule has 0 saturated heterocycles. The van der Waals surface area contributed by atoms with Crippen LogP contribution in [0.1, 0.15) is 25.7 Å². The Morgan fingerprint density at radius 1 is 1.09 bits per heavy atom. The average Bonchev–Trinajstić information content (AvgIpc) is 2.08. The Balaban J connectivity index is 2.36. The van der Waals surface area contributed by atoms with Gasteiger partial charge in [0.15, 0.2) is 0 Å². The Hall–Kier alpha value is -0.990. The second kappa shape index (κ2) is 5.77. The van der Waals surface area contributed by atoms with Crippen molar-refractivity contribution in [3.8, 4) is 0 Å². The van der Waals surface area contributed by atoms with Crippen molar-refractivity contribution < 1.29 is 0 Å². The summed E-state index contributed by atoms with van der Waals surface area (Å²) in [5.41, 5.74) is 0. The lowest BCUT2D eigenvalue weighted by Crippen LogP contribution is -1.79. The van der Waals surface area contributed by atoms with E-state index in [9.17, 15) is 0 Å². The molecular formula is C8H13N3. The summed E-state index contributed by atoms with van der Waals surface area (Å²) in [7, 11) is 0. The van der Waals surface area contributed by atoms with Gasteiger partial charge in [0.2, 0.25) is 0 Å². The highest BCUT2D eigenvalue weighted by atomic mass is 15.4. The summed E-state index contributed by atoms with van der Waals surface area (Å²) in [5, 5.41) is 11.2. The molecule has 0 saturated carbocycles. The molecule has 1 rings (SSSR count). The van der Waals surface area contributed by atoms with Crippen molar-refractivity contribution in [2.24, 2.45) is 15.4 Å². The highest BCUT2D eigenvalue weighted by Gasteiger charge is 1.86. The molecule has 0 unspecified atom stereocenters. The zero-order valence-corrected chi connectivity index (χ0v) is 6.61. The van der Waals surface area contributed by atoms with Crippen LogP contribution < -0.4 is 0 Å². The topological polar surface area (TPSA) is 37.1 Å². The maximum Gasteiger partial charge on any atom is 0.0621 e. The Labute approximate surface area is 66.9 Å². The maximum atomic E-state index is 3.87. The number of rotatable bonds is 0. The second-order valence-electron chi connectivity index (χ2n) is 2.50. The lowest BCUT2D eigenvalue weighted by atomic mass is 10.2. The van der Waals surface area contributed by atoms with E-state index in [1.165, 1.54) is 12.8 Å². The standard InChI is InChI=1S/C8H13N3/c1-2-4-6-8-10-11-9-7-5-3-1/h3,5,7H,1-2,4,6,8H2/b5-3-,9-7+,11-10+. The van der Waals surface area contributed by atoms with E-state index in [1.54, 1.807) is 6.21 Å². The van der Waals surface area contributed by atoms with Gasteiger partial charge in [0.1, 0.15) is 0 Å². The van der Waals surface area contributed by atoms with E-state index in [0.29, 0.717) is 0 Å². The molecule has 1 aliphatic heterocycles. The summed E-state index contributed by atoms with van der Waals surface area (Å²) in [6, 6.07) is 0. The summed E-state index contributed by atoms with van der Waals surface area (Å²) < 4.78 is 0. The van der Waals surface area contributed by atoms with Crippen LogP contribution in [-0.2, 0) is 0 Å². The number of hydrogen-bond acceptors (Lipinski definition) is 3. The van der Waals surface area contributed by atoms with Crippen molar-refractivity contribution in [3.05, 3.63) is 12.2 Å². The first kappa shape index (κ1) is 8.11. The first-order chi connectivity index (χ1) is 5.50. The van der Waals surface area contributed by atoms with Gasteiger partial charge in [0.05, 0.1) is 12.8 Å². The molecule has 0 spiro atoms. The summed E-state index contributed by atoms with van der Waals surface area (Å²) in [6.45, 7) is 0.817. The van der Waals surface area contributed by atoms with Gasteiger partial charge in [-0.3, -0.25) is 0 Å².